The molecule has 20 heavy (non-hydrogen) atoms. The van der Waals surface area contributed by atoms with E-state index in [1.807, 2.05) is 6.20 Å². The fourth-order valence-electron chi connectivity index (χ4n) is 3.37. The molecule has 0 saturated heterocycles. The normalized spacial score (nSPS) is 14.6. The number of nitrogens with one attached hydrogen (secondary N) is 1. The van der Waals surface area contributed by atoms with Crippen molar-refractivity contribution in [1.29, 1.82) is 0 Å². The number of hydrogen-bond donors (Lipinski definition) is 1. The summed E-state index contributed by atoms with van der Waals surface area (Å²) in [4.78, 5) is 7.93. The number of aryl methyl sites for hydroxylation is 1. The zero-order valence-electron chi connectivity index (χ0n) is 12.8. The van der Waals surface area contributed by atoms with Crippen molar-refractivity contribution < 1.29 is 0 Å². The van der Waals surface area contributed by atoms with Gasteiger partial charge in [-0.2, -0.15) is 0 Å². The van der Waals surface area contributed by atoms with E-state index in [-0.39, 0.29) is 0 Å². The van der Waals surface area contributed by atoms with Crippen molar-refractivity contribution in [3.05, 3.63) is 40.8 Å². The molecule has 106 valence electrons. The summed E-state index contributed by atoms with van der Waals surface area (Å²) in [5.74, 6) is 1.70. The Morgan fingerprint density at radius 1 is 1.15 bits per heavy atom. The van der Waals surface area contributed by atoms with Crippen LogP contribution < -0.4 is 0 Å². The van der Waals surface area contributed by atoms with Gasteiger partial charge in [0, 0.05) is 12.0 Å². The number of benzene rings is 1. The summed E-state index contributed by atoms with van der Waals surface area (Å²) in [7, 11) is 0. The highest BCUT2D eigenvalue weighted by Gasteiger charge is 2.19. The van der Waals surface area contributed by atoms with E-state index in [1.54, 1.807) is 16.7 Å². The van der Waals surface area contributed by atoms with Crippen LogP contribution in [0.5, 0.6) is 0 Å². The Kier molecular flexibility index (Phi) is 3.64. The van der Waals surface area contributed by atoms with Gasteiger partial charge in [0.15, 0.2) is 0 Å². The lowest BCUT2D eigenvalue weighted by Gasteiger charge is -2.24. The van der Waals surface area contributed by atoms with Gasteiger partial charge in [-0.3, -0.25) is 0 Å². The first-order valence-corrected chi connectivity index (χ1v) is 7.89. The molecule has 1 aliphatic rings. The van der Waals surface area contributed by atoms with Crippen molar-refractivity contribution in [1.82, 2.24) is 9.97 Å². The van der Waals surface area contributed by atoms with E-state index in [1.165, 1.54) is 36.9 Å². The quantitative estimate of drug-likeness (QED) is 0.863. The second kappa shape index (κ2) is 5.43. The minimum absolute atomic E-state index is 0.615. The molecular formula is C18H24N2. The third kappa shape index (κ3) is 2.28. The van der Waals surface area contributed by atoms with Crippen molar-refractivity contribution >= 4 is 0 Å². The van der Waals surface area contributed by atoms with Crippen molar-refractivity contribution in [2.45, 2.75) is 58.8 Å². The van der Waals surface area contributed by atoms with Gasteiger partial charge >= 0.3 is 0 Å². The minimum Gasteiger partial charge on any atom is -0.342 e. The lowest BCUT2D eigenvalue weighted by atomic mass is 9.81. The van der Waals surface area contributed by atoms with Gasteiger partial charge in [0.1, 0.15) is 5.82 Å². The second-order valence-corrected chi connectivity index (χ2v) is 6.12. The maximum atomic E-state index is 4.46. The van der Waals surface area contributed by atoms with Crippen LogP contribution in [0.3, 0.4) is 0 Å². The summed E-state index contributed by atoms with van der Waals surface area (Å²) in [6.07, 6.45) is 8.07. The molecule has 0 spiro atoms. The van der Waals surface area contributed by atoms with Gasteiger partial charge in [0.2, 0.25) is 0 Å². The summed E-state index contributed by atoms with van der Waals surface area (Å²) in [6.45, 7) is 6.74. The van der Waals surface area contributed by atoms with Gasteiger partial charge in [-0.25, -0.2) is 4.98 Å². The monoisotopic (exact) mass is 268 g/mol. The van der Waals surface area contributed by atoms with Crippen LogP contribution in [0.25, 0.3) is 11.3 Å². The molecule has 2 heteroatoms. The number of rotatable bonds is 3. The third-order valence-electron chi connectivity index (χ3n) is 4.45. The predicted octanol–water partition coefficient (Wildman–Crippen LogP) is 4.64. The smallest absolute Gasteiger partial charge is 0.106 e. The molecule has 2 aromatic rings. The zero-order valence-corrected chi connectivity index (χ0v) is 12.8. The standard InChI is InChI=1S/C18H24N2/c1-4-18-19-11-17(20-18)16-10-9-13(12(2)3)14-7-5-6-8-15(14)16/h9-12H,4-8H2,1-3H3,(H,19,20). The SMILES string of the molecule is CCc1ncc(-c2ccc(C(C)C)c3c2CCCC3)[nH]1. The average molecular weight is 268 g/mol. The maximum absolute atomic E-state index is 4.46. The van der Waals surface area contributed by atoms with E-state index in [2.05, 4.69) is 42.9 Å². The Labute approximate surface area is 121 Å². The van der Waals surface area contributed by atoms with Gasteiger partial charge in [0.25, 0.3) is 0 Å². The van der Waals surface area contributed by atoms with E-state index in [4.69, 9.17) is 0 Å². The van der Waals surface area contributed by atoms with E-state index in [9.17, 15) is 0 Å². The first-order chi connectivity index (χ1) is 9.70. The van der Waals surface area contributed by atoms with Crippen LogP contribution in [-0.2, 0) is 19.3 Å². The second-order valence-electron chi connectivity index (χ2n) is 6.12. The summed E-state index contributed by atoms with van der Waals surface area (Å²) < 4.78 is 0. The van der Waals surface area contributed by atoms with E-state index < -0.39 is 0 Å². The number of hydrogen-bond acceptors (Lipinski definition) is 1. The molecule has 1 heterocycles. The van der Waals surface area contributed by atoms with Gasteiger partial charge in [-0.1, -0.05) is 32.9 Å². The molecule has 1 aromatic heterocycles. The number of imidazole rings is 1. The molecule has 0 amide bonds. The molecule has 3 rings (SSSR count). The summed E-state index contributed by atoms with van der Waals surface area (Å²) in [5.41, 5.74) is 7.27. The van der Waals surface area contributed by atoms with Crippen molar-refractivity contribution in [3.8, 4) is 11.3 Å². The fourth-order valence-corrected chi connectivity index (χ4v) is 3.37. The summed E-state index contributed by atoms with van der Waals surface area (Å²) in [5, 5.41) is 0. The number of fused-ring (bicyclic) bond motifs is 1. The van der Waals surface area contributed by atoms with Gasteiger partial charge in [-0.15, -0.1) is 0 Å². The van der Waals surface area contributed by atoms with Crippen molar-refractivity contribution in [2.24, 2.45) is 0 Å². The topological polar surface area (TPSA) is 28.7 Å². The highest BCUT2D eigenvalue weighted by atomic mass is 14.9. The Bertz CT molecular complexity index is 608. The first-order valence-electron chi connectivity index (χ1n) is 7.89. The Hall–Kier alpha value is -1.57. The lowest BCUT2D eigenvalue weighted by molar-refractivity contribution is 0.671. The van der Waals surface area contributed by atoms with Gasteiger partial charge in [0.05, 0.1) is 11.9 Å². The number of aromatic amines is 1. The minimum atomic E-state index is 0.615. The van der Waals surface area contributed by atoms with Crippen molar-refractivity contribution in [3.63, 3.8) is 0 Å². The number of H-pyrrole nitrogens is 1. The highest BCUT2D eigenvalue weighted by Crippen LogP contribution is 2.35. The largest absolute Gasteiger partial charge is 0.342 e. The molecule has 0 aliphatic heterocycles. The molecule has 1 aliphatic carbocycles. The molecule has 2 nitrogen and oxygen atoms in total. The molecule has 0 bridgehead atoms. The molecule has 1 N–H and O–H groups in total. The van der Waals surface area contributed by atoms with Crippen LogP contribution in [0.15, 0.2) is 18.3 Å². The van der Waals surface area contributed by atoms with Gasteiger partial charge < -0.3 is 4.98 Å². The van der Waals surface area contributed by atoms with Crippen LogP contribution in [0.1, 0.15) is 62.0 Å². The van der Waals surface area contributed by atoms with E-state index in [0.717, 1.165) is 12.2 Å². The predicted molar refractivity (Wildman–Crippen MR) is 84.1 cm³/mol. The van der Waals surface area contributed by atoms with Crippen LogP contribution in [0.2, 0.25) is 0 Å². The van der Waals surface area contributed by atoms with Crippen LogP contribution in [0.4, 0.5) is 0 Å². The van der Waals surface area contributed by atoms with Crippen molar-refractivity contribution in [2.75, 3.05) is 0 Å². The van der Waals surface area contributed by atoms with Gasteiger partial charge in [-0.05, 0) is 48.3 Å². The molecule has 0 fully saturated rings. The van der Waals surface area contributed by atoms with Crippen LogP contribution in [-0.4, -0.2) is 9.97 Å². The molecule has 1 aromatic carbocycles. The first kappa shape index (κ1) is 13.4. The average Bonchev–Trinajstić information content (AvgIpc) is 2.94. The molecule has 0 unspecified atom stereocenters. The number of aromatic nitrogens is 2. The molecule has 0 atom stereocenters. The third-order valence-corrected chi connectivity index (χ3v) is 4.45. The molecule has 0 saturated carbocycles. The Morgan fingerprint density at radius 3 is 2.55 bits per heavy atom. The highest BCUT2D eigenvalue weighted by molar-refractivity contribution is 5.67. The Balaban J connectivity index is 2.12. The van der Waals surface area contributed by atoms with Crippen LogP contribution in [0, 0.1) is 0 Å². The fraction of sp³-hybridized carbons (Fsp3) is 0.500. The maximum Gasteiger partial charge on any atom is 0.106 e. The molecule has 0 radical (unpaired) electrons. The number of nitrogens with zero attached hydrogens (tertiary/aromatic N) is 1. The Morgan fingerprint density at radius 2 is 1.90 bits per heavy atom. The summed E-state index contributed by atoms with van der Waals surface area (Å²) in [6, 6.07) is 4.63. The van der Waals surface area contributed by atoms with E-state index in [0.29, 0.717) is 5.92 Å². The summed E-state index contributed by atoms with van der Waals surface area (Å²) >= 11 is 0. The molecular weight excluding hydrogens is 244 g/mol. The zero-order chi connectivity index (χ0) is 14.1. The lowest BCUT2D eigenvalue weighted by Crippen LogP contribution is -2.09. The van der Waals surface area contributed by atoms with E-state index >= 15 is 0 Å². The van der Waals surface area contributed by atoms with Crippen LogP contribution >= 0.6 is 0 Å².